The molecule has 3 aromatic rings. The predicted molar refractivity (Wildman–Crippen MR) is 82.7 cm³/mol. The van der Waals surface area contributed by atoms with Gasteiger partial charge < -0.3 is 19.0 Å². The van der Waals surface area contributed by atoms with E-state index in [0.717, 1.165) is 11.3 Å². The van der Waals surface area contributed by atoms with Crippen LogP contribution >= 0.6 is 0 Å². The fraction of sp³-hybridized carbons (Fsp3) is 0.118. The molecule has 1 heterocycles. The number of hydrogen-bond donors (Lipinski definition) is 1. The third-order valence-corrected chi connectivity index (χ3v) is 3.41. The van der Waals surface area contributed by atoms with Crippen LogP contribution in [0.3, 0.4) is 0 Å². The van der Waals surface area contributed by atoms with Gasteiger partial charge in [-0.1, -0.05) is 0 Å². The zero-order valence-corrected chi connectivity index (χ0v) is 12.1. The predicted octanol–water partition coefficient (Wildman–Crippen LogP) is 3.18. The van der Waals surface area contributed by atoms with Gasteiger partial charge in [0.05, 0.1) is 14.2 Å². The molecular formula is C17H14O5. The highest BCUT2D eigenvalue weighted by Gasteiger charge is 2.14. The number of rotatable bonds is 3. The van der Waals surface area contributed by atoms with E-state index in [0.29, 0.717) is 11.3 Å². The highest BCUT2D eigenvalue weighted by Crippen LogP contribution is 2.34. The Balaban J connectivity index is 2.21. The van der Waals surface area contributed by atoms with Crippen LogP contribution in [0.15, 0.2) is 51.7 Å². The highest BCUT2D eigenvalue weighted by molar-refractivity contribution is 5.87. The van der Waals surface area contributed by atoms with Gasteiger partial charge in [-0.05, 0) is 36.4 Å². The molecule has 5 heteroatoms. The number of fused-ring (bicyclic) bond motifs is 1. The van der Waals surface area contributed by atoms with E-state index >= 15 is 0 Å². The normalized spacial score (nSPS) is 10.6. The zero-order chi connectivity index (χ0) is 15.7. The molecule has 0 fully saturated rings. The first-order valence-electron chi connectivity index (χ1n) is 6.62. The third-order valence-electron chi connectivity index (χ3n) is 3.41. The Bertz CT molecular complexity index is 878. The summed E-state index contributed by atoms with van der Waals surface area (Å²) in [7, 11) is 2.98. The van der Waals surface area contributed by atoms with Crippen molar-refractivity contribution in [2.45, 2.75) is 0 Å². The summed E-state index contributed by atoms with van der Waals surface area (Å²) >= 11 is 0. The lowest BCUT2D eigenvalue weighted by Crippen LogP contribution is -2.02. The second-order valence-corrected chi connectivity index (χ2v) is 4.69. The maximum atomic E-state index is 12.4. The molecule has 0 bridgehead atoms. The molecule has 3 rings (SSSR count). The molecule has 0 aliphatic rings. The van der Waals surface area contributed by atoms with E-state index in [1.54, 1.807) is 37.4 Å². The monoisotopic (exact) mass is 298 g/mol. The van der Waals surface area contributed by atoms with Crippen LogP contribution in [0.2, 0.25) is 0 Å². The number of hydrogen-bond acceptors (Lipinski definition) is 5. The lowest BCUT2D eigenvalue weighted by Gasteiger charge is -2.08. The van der Waals surface area contributed by atoms with Gasteiger partial charge in [-0.3, -0.25) is 4.79 Å². The first-order valence-corrected chi connectivity index (χ1v) is 6.62. The molecule has 0 aliphatic heterocycles. The Kier molecular flexibility index (Phi) is 3.47. The first kappa shape index (κ1) is 14.0. The summed E-state index contributed by atoms with van der Waals surface area (Å²) in [5.74, 6) is 1.18. The first-order chi connectivity index (χ1) is 10.6. The highest BCUT2D eigenvalue weighted by atomic mass is 16.5. The van der Waals surface area contributed by atoms with Gasteiger partial charge in [0.25, 0.3) is 0 Å². The summed E-state index contributed by atoms with van der Waals surface area (Å²) in [6.07, 6.45) is 0. The number of aromatic hydroxyl groups is 1. The van der Waals surface area contributed by atoms with E-state index in [9.17, 15) is 9.90 Å². The summed E-state index contributed by atoms with van der Waals surface area (Å²) < 4.78 is 16.0. The smallest absolute Gasteiger partial charge is 0.197 e. The van der Waals surface area contributed by atoms with E-state index in [1.807, 2.05) is 0 Å². The van der Waals surface area contributed by atoms with Crippen molar-refractivity contribution in [3.05, 3.63) is 52.7 Å². The van der Waals surface area contributed by atoms with E-state index in [4.69, 9.17) is 13.9 Å². The van der Waals surface area contributed by atoms with E-state index in [-0.39, 0.29) is 22.3 Å². The topological polar surface area (TPSA) is 68.9 Å². The van der Waals surface area contributed by atoms with Crippen LogP contribution in [-0.4, -0.2) is 19.3 Å². The standard InChI is InChI=1S/C17H14O5/c1-20-11-5-3-10(4-6-11)15-9-13(19)16-14(22-15)8-7-12(18)17(16)21-2/h3-9,18H,1-2H3. The molecule has 22 heavy (non-hydrogen) atoms. The summed E-state index contributed by atoms with van der Waals surface area (Å²) in [6, 6.07) is 11.5. The molecule has 0 unspecified atom stereocenters. The molecule has 2 aromatic carbocycles. The van der Waals surface area contributed by atoms with Gasteiger partial charge in [-0.2, -0.15) is 0 Å². The molecule has 5 nitrogen and oxygen atoms in total. The Labute approximate surface area is 126 Å². The molecule has 112 valence electrons. The van der Waals surface area contributed by atoms with E-state index in [2.05, 4.69) is 0 Å². The molecule has 1 aromatic heterocycles. The Morgan fingerprint density at radius 3 is 2.36 bits per heavy atom. The second kappa shape index (κ2) is 5.44. The van der Waals surface area contributed by atoms with Gasteiger partial charge in [0.15, 0.2) is 16.9 Å². The van der Waals surface area contributed by atoms with Crippen LogP contribution in [0.5, 0.6) is 17.2 Å². The molecule has 0 atom stereocenters. The van der Waals surface area contributed by atoms with Crippen LogP contribution in [-0.2, 0) is 0 Å². The van der Waals surface area contributed by atoms with Crippen molar-refractivity contribution in [2.75, 3.05) is 14.2 Å². The summed E-state index contributed by atoms with van der Waals surface area (Å²) in [5, 5.41) is 9.98. The summed E-state index contributed by atoms with van der Waals surface area (Å²) in [4.78, 5) is 12.4. The van der Waals surface area contributed by atoms with Gasteiger partial charge in [-0.25, -0.2) is 0 Å². The SMILES string of the molecule is COc1ccc(-c2cc(=O)c3c(OC)c(O)ccc3o2)cc1. The fourth-order valence-electron chi connectivity index (χ4n) is 2.32. The van der Waals surface area contributed by atoms with Crippen LogP contribution in [0.1, 0.15) is 0 Å². The molecule has 0 spiro atoms. The van der Waals surface area contributed by atoms with E-state index < -0.39 is 0 Å². The molecule has 0 aliphatic carbocycles. The zero-order valence-electron chi connectivity index (χ0n) is 12.1. The third kappa shape index (κ3) is 2.26. The Morgan fingerprint density at radius 1 is 1.00 bits per heavy atom. The maximum absolute atomic E-state index is 12.4. The van der Waals surface area contributed by atoms with Crippen molar-refractivity contribution < 1.29 is 19.0 Å². The minimum Gasteiger partial charge on any atom is -0.504 e. The van der Waals surface area contributed by atoms with Crippen molar-refractivity contribution in [3.8, 4) is 28.6 Å². The van der Waals surface area contributed by atoms with Crippen LogP contribution in [0, 0.1) is 0 Å². The van der Waals surface area contributed by atoms with Crippen LogP contribution < -0.4 is 14.9 Å². The maximum Gasteiger partial charge on any atom is 0.197 e. The lowest BCUT2D eigenvalue weighted by atomic mass is 10.1. The average Bonchev–Trinajstić information content (AvgIpc) is 2.55. The molecule has 0 radical (unpaired) electrons. The molecule has 0 amide bonds. The van der Waals surface area contributed by atoms with Crippen molar-refractivity contribution in [2.24, 2.45) is 0 Å². The molecular weight excluding hydrogens is 284 g/mol. The second-order valence-electron chi connectivity index (χ2n) is 4.69. The van der Waals surface area contributed by atoms with Gasteiger partial charge in [0.2, 0.25) is 0 Å². The van der Waals surface area contributed by atoms with Gasteiger partial charge in [0, 0.05) is 11.6 Å². The molecule has 0 saturated carbocycles. The number of phenolic OH excluding ortho intramolecular Hbond substituents is 1. The summed E-state index contributed by atoms with van der Waals surface area (Å²) in [5.41, 5.74) is 0.833. The van der Waals surface area contributed by atoms with E-state index in [1.165, 1.54) is 19.2 Å². The van der Waals surface area contributed by atoms with Crippen LogP contribution in [0.25, 0.3) is 22.3 Å². The molecule has 1 N–H and O–H groups in total. The lowest BCUT2D eigenvalue weighted by molar-refractivity contribution is 0.377. The van der Waals surface area contributed by atoms with Crippen molar-refractivity contribution in [1.82, 2.24) is 0 Å². The number of phenols is 1. The number of methoxy groups -OCH3 is 2. The van der Waals surface area contributed by atoms with Gasteiger partial charge in [0.1, 0.15) is 22.5 Å². The number of ether oxygens (including phenoxy) is 2. The minimum atomic E-state index is -0.278. The average molecular weight is 298 g/mol. The summed E-state index contributed by atoms with van der Waals surface area (Å²) in [6.45, 7) is 0. The Morgan fingerprint density at radius 2 is 1.73 bits per heavy atom. The largest absolute Gasteiger partial charge is 0.504 e. The molecule has 0 saturated heterocycles. The minimum absolute atomic E-state index is 0.0977. The van der Waals surface area contributed by atoms with Crippen molar-refractivity contribution in [3.63, 3.8) is 0 Å². The Hall–Kier alpha value is -2.95. The van der Waals surface area contributed by atoms with Crippen molar-refractivity contribution in [1.29, 1.82) is 0 Å². The fourth-order valence-corrected chi connectivity index (χ4v) is 2.32. The quantitative estimate of drug-likeness (QED) is 0.804. The van der Waals surface area contributed by atoms with Gasteiger partial charge >= 0.3 is 0 Å². The van der Waals surface area contributed by atoms with Crippen molar-refractivity contribution >= 4 is 11.0 Å². The number of benzene rings is 2. The van der Waals surface area contributed by atoms with Crippen LogP contribution in [0.4, 0.5) is 0 Å². The van der Waals surface area contributed by atoms with Gasteiger partial charge in [-0.15, -0.1) is 0 Å².